The predicted octanol–water partition coefficient (Wildman–Crippen LogP) is 3.28. The first-order chi connectivity index (χ1) is 9.65. The summed E-state index contributed by atoms with van der Waals surface area (Å²) in [6, 6.07) is 7.45. The fourth-order valence-corrected chi connectivity index (χ4v) is 2.09. The van der Waals surface area contributed by atoms with Crippen molar-refractivity contribution in [3.05, 3.63) is 47.5 Å². The van der Waals surface area contributed by atoms with Crippen molar-refractivity contribution >= 4 is 12.2 Å². The van der Waals surface area contributed by atoms with Crippen molar-refractivity contribution in [2.45, 2.75) is 19.6 Å². The molecule has 0 aliphatic rings. The van der Waals surface area contributed by atoms with E-state index < -0.39 is 0 Å². The number of hydrogen-bond donors (Lipinski definition) is 1. The maximum absolute atomic E-state index is 5.88. The van der Waals surface area contributed by atoms with Crippen molar-refractivity contribution in [1.29, 1.82) is 0 Å². The molecule has 1 aromatic heterocycles. The molecule has 0 fully saturated rings. The van der Waals surface area contributed by atoms with E-state index in [1.165, 1.54) is 0 Å². The van der Waals surface area contributed by atoms with Crippen molar-refractivity contribution in [2.75, 3.05) is 7.11 Å². The summed E-state index contributed by atoms with van der Waals surface area (Å²) in [5.74, 6) is 2.20. The van der Waals surface area contributed by atoms with Crippen LogP contribution in [0.2, 0.25) is 0 Å². The third-order valence-corrected chi connectivity index (χ3v) is 3.13. The van der Waals surface area contributed by atoms with E-state index in [1.807, 2.05) is 35.8 Å². The minimum atomic E-state index is -0.241. The maximum Gasteiger partial charge on any atom is 0.195 e. The zero-order chi connectivity index (χ0) is 14.5. The number of nitrogens with zero attached hydrogens (tertiary/aromatic N) is 2. The lowest BCUT2D eigenvalue weighted by atomic mass is 10.3. The van der Waals surface area contributed by atoms with E-state index in [9.17, 15) is 0 Å². The van der Waals surface area contributed by atoms with Gasteiger partial charge >= 0.3 is 0 Å². The third-order valence-electron chi connectivity index (χ3n) is 2.82. The Morgan fingerprint density at radius 3 is 2.95 bits per heavy atom. The number of aromatic nitrogens is 3. The number of nitrogens with one attached hydrogen (secondary N) is 1. The van der Waals surface area contributed by atoms with Crippen LogP contribution >= 0.6 is 12.2 Å². The number of benzene rings is 1. The van der Waals surface area contributed by atoms with Crippen LogP contribution in [0.4, 0.5) is 0 Å². The first kappa shape index (κ1) is 14.3. The molecule has 0 unspecified atom stereocenters. The maximum atomic E-state index is 5.88. The lowest BCUT2D eigenvalue weighted by molar-refractivity contribution is 0.210. The molecule has 0 bridgehead atoms. The highest BCUT2D eigenvalue weighted by Gasteiger charge is 2.15. The molecular weight excluding hydrogens is 274 g/mol. The van der Waals surface area contributed by atoms with Gasteiger partial charge < -0.3 is 9.47 Å². The molecule has 0 saturated carbocycles. The van der Waals surface area contributed by atoms with Gasteiger partial charge in [-0.1, -0.05) is 12.1 Å². The Hall–Kier alpha value is -2.08. The second-order valence-corrected chi connectivity index (χ2v) is 4.61. The summed E-state index contributed by atoms with van der Waals surface area (Å²) >= 11 is 5.18. The summed E-state index contributed by atoms with van der Waals surface area (Å²) in [6.07, 6.45) is 1.53. The van der Waals surface area contributed by atoms with Gasteiger partial charge in [0, 0.05) is 12.6 Å². The standard InChI is InChI=1S/C14H17N3O2S/c1-4-8-17-13(15-16-14(17)20)10(2)19-12-7-5-6-11(9-12)18-3/h4-7,9-10H,1,8H2,2-3H3,(H,16,20)/t10-/m1/s1. The van der Waals surface area contributed by atoms with Gasteiger partial charge in [0.05, 0.1) is 7.11 Å². The Bertz CT molecular complexity index is 648. The molecular formula is C14H17N3O2S. The average Bonchev–Trinajstić information content (AvgIpc) is 2.81. The molecule has 0 spiro atoms. The van der Waals surface area contributed by atoms with Gasteiger partial charge in [0.2, 0.25) is 0 Å². The minimum absolute atomic E-state index is 0.241. The number of H-pyrrole nitrogens is 1. The molecule has 20 heavy (non-hydrogen) atoms. The summed E-state index contributed by atoms with van der Waals surface area (Å²) in [4.78, 5) is 0. The Morgan fingerprint density at radius 1 is 1.50 bits per heavy atom. The van der Waals surface area contributed by atoms with Crippen molar-refractivity contribution in [3.63, 3.8) is 0 Å². The predicted molar refractivity (Wildman–Crippen MR) is 79.6 cm³/mol. The Balaban J connectivity index is 2.21. The van der Waals surface area contributed by atoms with Gasteiger partial charge in [0.15, 0.2) is 16.7 Å². The second kappa shape index (κ2) is 6.38. The van der Waals surface area contributed by atoms with E-state index in [4.69, 9.17) is 21.7 Å². The second-order valence-electron chi connectivity index (χ2n) is 4.23. The number of methoxy groups -OCH3 is 1. The molecule has 0 saturated heterocycles. The average molecular weight is 291 g/mol. The summed E-state index contributed by atoms with van der Waals surface area (Å²) in [5.41, 5.74) is 0. The summed E-state index contributed by atoms with van der Waals surface area (Å²) in [7, 11) is 1.62. The van der Waals surface area contributed by atoms with E-state index in [1.54, 1.807) is 13.2 Å². The fourth-order valence-electron chi connectivity index (χ4n) is 1.88. The molecule has 6 heteroatoms. The molecule has 106 valence electrons. The van der Waals surface area contributed by atoms with Gasteiger partial charge in [0.1, 0.15) is 11.5 Å². The van der Waals surface area contributed by atoms with E-state index in [0.29, 0.717) is 11.3 Å². The van der Waals surface area contributed by atoms with Crippen LogP contribution in [0.3, 0.4) is 0 Å². The van der Waals surface area contributed by atoms with Crippen molar-refractivity contribution in [2.24, 2.45) is 0 Å². The fraction of sp³-hybridized carbons (Fsp3) is 0.286. The van der Waals surface area contributed by atoms with Crippen molar-refractivity contribution in [3.8, 4) is 11.5 Å². The molecule has 0 aliphatic carbocycles. The first-order valence-corrected chi connectivity index (χ1v) is 6.63. The highest BCUT2D eigenvalue weighted by Crippen LogP contribution is 2.24. The molecule has 1 atom stereocenters. The van der Waals surface area contributed by atoms with Crippen LogP contribution in [0.1, 0.15) is 18.9 Å². The van der Waals surface area contributed by atoms with Gasteiger partial charge in [-0.2, -0.15) is 5.10 Å². The van der Waals surface area contributed by atoms with Crippen LogP contribution in [-0.2, 0) is 6.54 Å². The van der Waals surface area contributed by atoms with Crippen molar-refractivity contribution in [1.82, 2.24) is 14.8 Å². The Morgan fingerprint density at radius 2 is 2.25 bits per heavy atom. The minimum Gasteiger partial charge on any atom is -0.497 e. The van der Waals surface area contributed by atoms with Crippen LogP contribution in [0.15, 0.2) is 36.9 Å². The first-order valence-electron chi connectivity index (χ1n) is 6.22. The van der Waals surface area contributed by atoms with Gasteiger partial charge in [-0.05, 0) is 31.3 Å². The van der Waals surface area contributed by atoms with Gasteiger partial charge in [-0.15, -0.1) is 6.58 Å². The smallest absolute Gasteiger partial charge is 0.195 e. The highest BCUT2D eigenvalue weighted by atomic mass is 32.1. The Labute approximate surface area is 122 Å². The number of rotatable bonds is 6. The summed E-state index contributed by atoms with van der Waals surface area (Å²) < 4.78 is 13.5. The lowest BCUT2D eigenvalue weighted by Crippen LogP contribution is -2.11. The molecule has 1 heterocycles. The molecule has 1 aromatic carbocycles. The summed E-state index contributed by atoms with van der Waals surface area (Å²) in [6.45, 7) is 6.23. The largest absolute Gasteiger partial charge is 0.497 e. The van der Waals surface area contributed by atoms with Crippen LogP contribution in [0.25, 0.3) is 0 Å². The molecule has 2 aromatic rings. The van der Waals surface area contributed by atoms with Crippen LogP contribution in [-0.4, -0.2) is 21.9 Å². The molecule has 0 aliphatic heterocycles. The van der Waals surface area contributed by atoms with E-state index in [0.717, 1.165) is 17.3 Å². The van der Waals surface area contributed by atoms with E-state index in [-0.39, 0.29) is 6.10 Å². The normalized spacial score (nSPS) is 11.9. The monoisotopic (exact) mass is 291 g/mol. The quantitative estimate of drug-likeness (QED) is 0.655. The number of hydrogen-bond acceptors (Lipinski definition) is 4. The van der Waals surface area contributed by atoms with E-state index in [2.05, 4.69) is 16.8 Å². The van der Waals surface area contributed by atoms with Crippen LogP contribution in [0.5, 0.6) is 11.5 Å². The lowest BCUT2D eigenvalue weighted by Gasteiger charge is -2.15. The number of ether oxygens (including phenoxy) is 2. The van der Waals surface area contributed by atoms with Crippen LogP contribution < -0.4 is 9.47 Å². The van der Waals surface area contributed by atoms with Gasteiger partial charge in [-0.25, -0.2) is 0 Å². The number of allylic oxidation sites excluding steroid dienone is 1. The zero-order valence-electron chi connectivity index (χ0n) is 11.5. The van der Waals surface area contributed by atoms with Gasteiger partial charge in [-0.3, -0.25) is 9.67 Å². The molecule has 2 rings (SSSR count). The topological polar surface area (TPSA) is 52.1 Å². The Kier molecular flexibility index (Phi) is 4.57. The summed E-state index contributed by atoms with van der Waals surface area (Å²) in [5, 5.41) is 6.99. The zero-order valence-corrected chi connectivity index (χ0v) is 12.3. The van der Waals surface area contributed by atoms with Gasteiger partial charge in [0.25, 0.3) is 0 Å². The third kappa shape index (κ3) is 3.08. The number of aromatic amines is 1. The molecule has 5 nitrogen and oxygen atoms in total. The molecule has 0 radical (unpaired) electrons. The molecule has 1 N–H and O–H groups in total. The molecule has 0 amide bonds. The SMILES string of the molecule is C=CCn1c([C@@H](C)Oc2cccc(OC)c2)n[nH]c1=S. The van der Waals surface area contributed by atoms with E-state index >= 15 is 0 Å². The highest BCUT2D eigenvalue weighted by molar-refractivity contribution is 7.71. The van der Waals surface area contributed by atoms with Crippen molar-refractivity contribution < 1.29 is 9.47 Å². The van der Waals surface area contributed by atoms with Crippen LogP contribution in [0, 0.1) is 4.77 Å².